The SMILES string of the molecule is CCOc1ccccc1[C@H]1/C(=C(\O)c2ccc(OC)cc2C)C(=O)C(=O)N1CCN(C)C. The van der Waals surface area contributed by atoms with Crippen molar-refractivity contribution < 1.29 is 24.2 Å². The molecule has 32 heavy (non-hydrogen) atoms. The largest absolute Gasteiger partial charge is 0.507 e. The predicted octanol–water partition coefficient (Wildman–Crippen LogP) is 3.39. The van der Waals surface area contributed by atoms with Gasteiger partial charge in [-0.15, -0.1) is 0 Å². The number of Topliss-reactive ketones (excluding diaryl/α,β-unsaturated/α-hetero) is 1. The summed E-state index contributed by atoms with van der Waals surface area (Å²) in [5.74, 6) is -0.311. The first-order chi connectivity index (χ1) is 15.3. The number of ether oxygens (including phenoxy) is 2. The fourth-order valence-electron chi connectivity index (χ4n) is 3.91. The second-order valence-electron chi connectivity index (χ2n) is 7.95. The zero-order valence-electron chi connectivity index (χ0n) is 19.2. The fourth-order valence-corrected chi connectivity index (χ4v) is 3.91. The molecule has 1 saturated heterocycles. The molecular formula is C25H30N2O5. The maximum Gasteiger partial charge on any atom is 0.295 e. The van der Waals surface area contributed by atoms with Crippen LogP contribution in [0.2, 0.25) is 0 Å². The third kappa shape index (κ3) is 4.48. The molecule has 7 nitrogen and oxygen atoms in total. The third-order valence-corrected chi connectivity index (χ3v) is 5.53. The smallest absolute Gasteiger partial charge is 0.295 e. The van der Waals surface area contributed by atoms with Crippen LogP contribution in [-0.2, 0) is 9.59 Å². The minimum Gasteiger partial charge on any atom is -0.507 e. The summed E-state index contributed by atoms with van der Waals surface area (Å²) < 4.78 is 11.1. The first-order valence-electron chi connectivity index (χ1n) is 10.6. The van der Waals surface area contributed by atoms with Crippen LogP contribution in [-0.4, -0.2) is 67.5 Å². The molecule has 0 saturated carbocycles. The van der Waals surface area contributed by atoms with Crippen molar-refractivity contribution in [3.8, 4) is 11.5 Å². The number of hydrogen-bond acceptors (Lipinski definition) is 6. The number of amides is 1. The van der Waals surface area contributed by atoms with E-state index in [1.54, 1.807) is 25.3 Å². The number of nitrogens with zero attached hydrogens (tertiary/aromatic N) is 2. The van der Waals surface area contributed by atoms with Crippen molar-refractivity contribution in [3.63, 3.8) is 0 Å². The summed E-state index contributed by atoms with van der Waals surface area (Å²) in [7, 11) is 5.37. The van der Waals surface area contributed by atoms with E-state index in [-0.39, 0.29) is 11.3 Å². The Labute approximate surface area is 188 Å². The number of hydrogen-bond donors (Lipinski definition) is 1. The highest BCUT2D eigenvalue weighted by molar-refractivity contribution is 6.46. The van der Waals surface area contributed by atoms with Crippen LogP contribution in [0.3, 0.4) is 0 Å². The maximum absolute atomic E-state index is 13.2. The molecule has 1 atom stereocenters. The molecule has 7 heteroatoms. The first kappa shape index (κ1) is 23.3. The number of likely N-dealkylation sites (tertiary alicyclic amines) is 1. The van der Waals surface area contributed by atoms with Gasteiger partial charge in [-0.05, 0) is 57.8 Å². The topological polar surface area (TPSA) is 79.3 Å². The van der Waals surface area contributed by atoms with Crippen LogP contribution in [0.4, 0.5) is 0 Å². The standard InChI is InChI=1S/C25H30N2O5/c1-6-32-20-10-8-7-9-19(20)22-21(24(29)25(30)27(22)14-13-26(3)4)23(28)18-12-11-17(31-5)15-16(18)2/h7-12,15,22,28H,6,13-14H2,1-5H3/b23-21+/t22-/m0/s1. The normalized spacial score (nSPS) is 17.8. The number of rotatable bonds is 8. The molecule has 0 spiro atoms. The van der Waals surface area contributed by atoms with Crippen molar-refractivity contribution in [2.75, 3.05) is 40.9 Å². The lowest BCUT2D eigenvalue weighted by Gasteiger charge is -2.28. The predicted molar refractivity (Wildman–Crippen MR) is 123 cm³/mol. The van der Waals surface area contributed by atoms with E-state index in [0.29, 0.717) is 42.3 Å². The monoisotopic (exact) mass is 438 g/mol. The Kier molecular flexibility index (Phi) is 7.20. The number of aryl methyl sites for hydroxylation is 1. The van der Waals surface area contributed by atoms with E-state index < -0.39 is 17.7 Å². The fraction of sp³-hybridized carbons (Fsp3) is 0.360. The average molecular weight is 439 g/mol. The number of carbonyl (C=O) groups excluding carboxylic acids is 2. The highest BCUT2D eigenvalue weighted by Crippen LogP contribution is 2.43. The summed E-state index contributed by atoms with van der Waals surface area (Å²) in [6, 6.07) is 11.8. The van der Waals surface area contributed by atoms with E-state index >= 15 is 0 Å². The van der Waals surface area contributed by atoms with Crippen LogP contribution in [0.1, 0.15) is 29.7 Å². The molecule has 3 rings (SSSR count). The van der Waals surface area contributed by atoms with Gasteiger partial charge in [0.15, 0.2) is 0 Å². The molecule has 0 bridgehead atoms. The highest BCUT2D eigenvalue weighted by atomic mass is 16.5. The quantitative estimate of drug-likeness (QED) is 0.387. The summed E-state index contributed by atoms with van der Waals surface area (Å²) >= 11 is 0. The minimum absolute atomic E-state index is 0.0641. The Morgan fingerprint density at radius 1 is 1.16 bits per heavy atom. The Bertz CT molecular complexity index is 1040. The van der Waals surface area contributed by atoms with Gasteiger partial charge in [-0.2, -0.15) is 0 Å². The van der Waals surface area contributed by atoms with E-state index in [0.717, 1.165) is 5.56 Å². The molecule has 1 heterocycles. The molecular weight excluding hydrogens is 408 g/mol. The molecule has 0 aliphatic carbocycles. The van der Waals surface area contributed by atoms with Crippen LogP contribution < -0.4 is 9.47 Å². The average Bonchev–Trinajstić information content (AvgIpc) is 3.02. The molecule has 1 aliphatic rings. The molecule has 2 aromatic rings. The molecule has 1 fully saturated rings. The number of carbonyl (C=O) groups is 2. The van der Waals surface area contributed by atoms with Gasteiger partial charge in [-0.25, -0.2) is 0 Å². The van der Waals surface area contributed by atoms with Gasteiger partial charge in [-0.1, -0.05) is 18.2 Å². The number of methoxy groups -OCH3 is 1. The minimum atomic E-state index is -0.751. The van der Waals surface area contributed by atoms with E-state index in [9.17, 15) is 14.7 Å². The van der Waals surface area contributed by atoms with Gasteiger partial charge in [0, 0.05) is 24.2 Å². The second kappa shape index (κ2) is 9.87. The van der Waals surface area contributed by atoms with Gasteiger partial charge in [0.25, 0.3) is 11.7 Å². The number of benzene rings is 2. The van der Waals surface area contributed by atoms with Crippen molar-refractivity contribution in [2.45, 2.75) is 19.9 Å². The third-order valence-electron chi connectivity index (χ3n) is 5.53. The highest BCUT2D eigenvalue weighted by Gasteiger charge is 2.47. The van der Waals surface area contributed by atoms with Gasteiger partial charge in [0.05, 0.1) is 25.3 Å². The number of para-hydroxylation sites is 1. The van der Waals surface area contributed by atoms with Crippen molar-refractivity contribution in [2.24, 2.45) is 0 Å². The van der Waals surface area contributed by atoms with Crippen molar-refractivity contribution in [1.29, 1.82) is 0 Å². The summed E-state index contributed by atoms with van der Waals surface area (Å²) in [5, 5.41) is 11.3. The zero-order valence-corrected chi connectivity index (χ0v) is 19.2. The number of likely N-dealkylation sites (N-methyl/N-ethyl adjacent to an activating group) is 1. The lowest BCUT2D eigenvalue weighted by atomic mass is 9.93. The summed E-state index contributed by atoms with van der Waals surface area (Å²) in [4.78, 5) is 29.7. The second-order valence-corrected chi connectivity index (χ2v) is 7.95. The summed E-state index contributed by atoms with van der Waals surface area (Å²) in [6.45, 7) is 5.04. The lowest BCUT2D eigenvalue weighted by Crippen LogP contribution is -2.35. The van der Waals surface area contributed by atoms with Gasteiger partial charge < -0.3 is 24.4 Å². The molecule has 2 aromatic carbocycles. The Balaban J connectivity index is 2.21. The van der Waals surface area contributed by atoms with Gasteiger partial charge in [0.2, 0.25) is 0 Å². The van der Waals surface area contributed by atoms with Crippen LogP contribution in [0.15, 0.2) is 48.0 Å². The van der Waals surface area contributed by atoms with Crippen LogP contribution in [0, 0.1) is 6.92 Å². The van der Waals surface area contributed by atoms with E-state index in [2.05, 4.69) is 0 Å². The molecule has 0 unspecified atom stereocenters. The molecule has 1 aliphatic heterocycles. The van der Waals surface area contributed by atoms with Crippen LogP contribution in [0.25, 0.3) is 5.76 Å². The van der Waals surface area contributed by atoms with Gasteiger partial charge >= 0.3 is 0 Å². The number of ketones is 1. The molecule has 0 aromatic heterocycles. The first-order valence-corrected chi connectivity index (χ1v) is 10.6. The van der Waals surface area contributed by atoms with Crippen LogP contribution >= 0.6 is 0 Å². The number of aliphatic hydroxyl groups is 1. The molecule has 0 radical (unpaired) electrons. The van der Waals surface area contributed by atoms with Gasteiger partial charge in [-0.3, -0.25) is 9.59 Å². The molecule has 170 valence electrons. The Morgan fingerprint density at radius 3 is 2.50 bits per heavy atom. The zero-order chi connectivity index (χ0) is 23.4. The van der Waals surface area contributed by atoms with Gasteiger partial charge in [0.1, 0.15) is 17.3 Å². The van der Waals surface area contributed by atoms with E-state index in [1.807, 2.05) is 57.1 Å². The van der Waals surface area contributed by atoms with Crippen molar-refractivity contribution in [3.05, 3.63) is 64.7 Å². The van der Waals surface area contributed by atoms with Crippen molar-refractivity contribution in [1.82, 2.24) is 9.80 Å². The Morgan fingerprint density at radius 2 is 1.88 bits per heavy atom. The lowest BCUT2D eigenvalue weighted by molar-refractivity contribution is -0.140. The van der Waals surface area contributed by atoms with Crippen molar-refractivity contribution >= 4 is 17.4 Å². The molecule has 1 amide bonds. The van der Waals surface area contributed by atoms with Crippen LogP contribution in [0.5, 0.6) is 11.5 Å². The summed E-state index contributed by atoms with van der Waals surface area (Å²) in [6.07, 6.45) is 0. The van der Waals surface area contributed by atoms with E-state index in [1.165, 1.54) is 4.90 Å². The number of aliphatic hydroxyl groups excluding tert-OH is 1. The van der Waals surface area contributed by atoms with E-state index in [4.69, 9.17) is 9.47 Å². The maximum atomic E-state index is 13.2. The summed E-state index contributed by atoms with van der Waals surface area (Å²) in [5.41, 5.74) is 1.95. The Hall–Kier alpha value is -3.32. The molecule has 1 N–H and O–H groups in total.